The number of hydrogen-bond acceptors (Lipinski definition) is 2. The minimum Gasteiger partial charge on any atom is -0.303 e. The Balaban J connectivity index is 2.16. The molecule has 0 saturated carbocycles. The molecule has 0 radical (unpaired) electrons. The van der Waals surface area contributed by atoms with E-state index in [1.807, 2.05) is 25.1 Å². The Morgan fingerprint density at radius 1 is 0.900 bits per heavy atom. The van der Waals surface area contributed by atoms with Crippen molar-refractivity contribution in [2.24, 2.45) is 0 Å². The van der Waals surface area contributed by atoms with E-state index in [9.17, 15) is 0 Å². The van der Waals surface area contributed by atoms with E-state index in [-0.39, 0.29) is 12.1 Å². The molecule has 108 valence electrons. The van der Waals surface area contributed by atoms with Crippen molar-refractivity contribution in [1.29, 1.82) is 0 Å². The Morgan fingerprint density at radius 3 is 2.20 bits per heavy atom. The van der Waals surface area contributed by atoms with Gasteiger partial charge in [-0.3, -0.25) is 0 Å². The molecule has 1 nitrogen and oxygen atoms in total. The minimum atomic E-state index is 0.0492. The van der Waals surface area contributed by atoms with Crippen LogP contribution >= 0.6 is 57.7 Å². The highest BCUT2D eigenvalue weighted by Crippen LogP contribution is 2.36. The van der Waals surface area contributed by atoms with E-state index in [1.165, 1.54) is 4.88 Å². The van der Waals surface area contributed by atoms with Crippen molar-refractivity contribution in [2.75, 3.05) is 0 Å². The molecule has 0 aliphatic heterocycles. The zero-order valence-electron chi connectivity index (χ0n) is 10.9. The zero-order valence-corrected chi connectivity index (χ0v) is 14.7. The second-order valence-electron chi connectivity index (χ2n) is 4.52. The lowest BCUT2D eigenvalue weighted by Crippen LogP contribution is -2.22. The molecule has 0 saturated heterocycles. The quantitative estimate of drug-likeness (QED) is 0.586. The van der Waals surface area contributed by atoms with Gasteiger partial charge in [0.1, 0.15) is 0 Å². The van der Waals surface area contributed by atoms with Gasteiger partial charge in [0.05, 0.1) is 19.4 Å². The first-order valence-corrected chi connectivity index (χ1v) is 8.37. The van der Waals surface area contributed by atoms with Gasteiger partial charge in [-0.05, 0) is 37.6 Å². The molecule has 1 aromatic carbocycles. The molecule has 0 aliphatic rings. The molecule has 2 atom stereocenters. The van der Waals surface area contributed by atoms with E-state index in [4.69, 9.17) is 46.4 Å². The van der Waals surface area contributed by atoms with Crippen molar-refractivity contribution in [3.63, 3.8) is 0 Å². The van der Waals surface area contributed by atoms with Crippen molar-refractivity contribution < 1.29 is 0 Å². The van der Waals surface area contributed by atoms with Gasteiger partial charge in [0, 0.05) is 17.0 Å². The Labute approximate surface area is 142 Å². The third-order valence-electron chi connectivity index (χ3n) is 3.05. The molecule has 1 heterocycles. The molecule has 1 aromatic heterocycles. The van der Waals surface area contributed by atoms with Gasteiger partial charge in [-0.1, -0.05) is 52.5 Å². The van der Waals surface area contributed by atoms with Crippen LogP contribution < -0.4 is 5.32 Å². The standard InChI is InChI=1S/C14H13Cl4NS/c1-7(9-3-4-10(15)14(18)13(9)17)19-8(2)11-5-6-12(16)20-11/h3-8,19H,1-2H3. The summed E-state index contributed by atoms with van der Waals surface area (Å²) < 4.78 is 0.786. The van der Waals surface area contributed by atoms with E-state index in [2.05, 4.69) is 12.2 Å². The van der Waals surface area contributed by atoms with Crippen LogP contribution in [-0.2, 0) is 0 Å². The highest BCUT2D eigenvalue weighted by molar-refractivity contribution is 7.16. The number of nitrogens with one attached hydrogen (secondary N) is 1. The van der Waals surface area contributed by atoms with Crippen LogP contribution in [0.25, 0.3) is 0 Å². The average molecular weight is 369 g/mol. The lowest BCUT2D eigenvalue weighted by Gasteiger charge is -2.21. The van der Waals surface area contributed by atoms with Gasteiger partial charge in [-0.2, -0.15) is 0 Å². The molecule has 0 fully saturated rings. The van der Waals surface area contributed by atoms with E-state index in [0.29, 0.717) is 15.1 Å². The predicted octanol–water partition coefficient (Wildman–Crippen LogP) is 6.77. The summed E-state index contributed by atoms with van der Waals surface area (Å²) in [6.07, 6.45) is 0. The third kappa shape index (κ3) is 3.62. The minimum absolute atomic E-state index is 0.0492. The summed E-state index contributed by atoms with van der Waals surface area (Å²) in [4.78, 5) is 1.18. The van der Waals surface area contributed by atoms with Crippen LogP contribution in [0.4, 0.5) is 0 Å². The summed E-state index contributed by atoms with van der Waals surface area (Å²) in [5.74, 6) is 0. The molecule has 0 bridgehead atoms. The second-order valence-corrected chi connectivity index (χ2v) is 7.43. The molecule has 2 rings (SSSR count). The largest absolute Gasteiger partial charge is 0.303 e. The Hall–Kier alpha value is 0.0400. The fourth-order valence-corrected chi connectivity index (χ4v) is 3.76. The van der Waals surface area contributed by atoms with Crippen LogP contribution in [0.5, 0.6) is 0 Å². The molecule has 2 unspecified atom stereocenters. The first kappa shape index (κ1) is 16.4. The van der Waals surface area contributed by atoms with Gasteiger partial charge in [0.2, 0.25) is 0 Å². The van der Waals surface area contributed by atoms with Crippen molar-refractivity contribution in [3.8, 4) is 0 Å². The van der Waals surface area contributed by atoms with E-state index >= 15 is 0 Å². The lowest BCUT2D eigenvalue weighted by atomic mass is 10.1. The van der Waals surface area contributed by atoms with Crippen LogP contribution in [0.2, 0.25) is 19.4 Å². The van der Waals surface area contributed by atoms with Crippen LogP contribution in [-0.4, -0.2) is 0 Å². The van der Waals surface area contributed by atoms with E-state index < -0.39 is 0 Å². The maximum atomic E-state index is 6.25. The van der Waals surface area contributed by atoms with Gasteiger partial charge in [0.25, 0.3) is 0 Å². The van der Waals surface area contributed by atoms with Crippen molar-refractivity contribution >= 4 is 57.7 Å². The monoisotopic (exact) mass is 367 g/mol. The molecule has 20 heavy (non-hydrogen) atoms. The second kappa shape index (κ2) is 6.87. The number of thiophene rings is 1. The van der Waals surface area contributed by atoms with Gasteiger partial charge >= 0.3 is 0 Å². The SMILES string of the molecule is CC(NC(C)c1ccc(Cl)c(Cl)c1Cl)c1ccc(Cl)s1. The van der Waals surface area contributed by atoms with Gasteiger partial charge in [-0.25, -0.2) is 0 Å². The third-order valence-corrected chi connectivity index (χ3v) is 5.77. The van der Waals surface area contributed by atoms with Crippen LogP contribution in [0.3, 0.4) is 0 Å². The number of benzene rings is 1. The summed E-state index contributed by atoms with van der Waals surface area (Å²) >= 11 is 25.8. The van der Waals surface area contributed by atoms with Crippen LogP contribution in [0.1, 0.15) is 36.4 Å². The Morgan fingerprint density at radius 2 is 1.60 bits per heavy atom. The molecule has 0 aliphatic carbocycles. The molecule has 1 N–H and O–H groups in total. The summed E-state index contributed by atoms with van der Waals surface area (Å²) in [5, 5.41) is 4.83. The first-order valence-electron chi connectivity index (χ1n) is 6.04. The molecular weight excluding hydrogens is 356 g/mol. The summed E-state index contributed by atoms with van der Waals surface area (Å²) in [6.45, 7) is 4.13. The highest BCUT2D eigenvalue weighted by Gasteiger charge is 2.17. The topological polar surface area (TPSA) is 12.0 Å². The summed E-state index contributed by atoms with van der Waals surface area (Å²) in [5.41, 5.74) is 0.926. The highest BCUT2D eigenvalue weighted by atomic mass is 35.5. The normalized spacial score (nSPS) is 14.3. The van der Waals surface area contributed by atoms with Gasteiger partial charge in [0.15, 0.2) is 0 Å². The Kier molecular flexibility index (Phi) is 5.63. The molecule has 2 aromatic rings. The van der Waals surface area contributed by atoms with Gasteiger partial charge < -0.3 is 5.32 Å². The van der Waals surface area contributed by atoms with Crippen molar-refractivity contribution in [3.05, 3.63) is 54.1 Å². The average Bonchev–Trinajstić information content (AvgIpc) is 2.82. The van der Waals surface area contributed by atoms with Crippen LogP contribution in [0, 0.1) is 0 Å². The van der Waals surface area contributed by atoms with Crippen molar-refractivity contribution in [2.45, 2.75) is 25.9 Å². The zero-order chi connectivity index (χ0) is 14.9. The van der Waals surface area contributed by atoms with Gasteiger partial charge in [-0.15, -0.1) is 11.3 Å². The summed E-state index contributed by atoms with van der Waals surface area (Å²) in [6, 6.07) is 7.80. The fourth-order valence-electron chi connectivity index (χ4n) is 1.98. The van der Waals surface area contributed by atoms with E-state index in [0.717, 1.165) is 9.90 Å². The number of rotatable bonds is 4. The predicted molar refractivity (Wildman–Crippen MR) is 90.8 cm³/mol. The molecule has 0 amide bonds. The maximum Gasteiger partial charge on any atom is 0.0931 e. The molecule has 0 spiro atoms. The number of hydrogen-bond donors (Lipinski definition) is 1. The molecule has 6 heteroatoms. The maximum absolute atomic E-state index is 6.25. The fraction of sp³-hybridized carbons (Fsp3) is 0.286. The number of halogens is 4. The van der Waals surface area contributed by atoms with Crippen LogP contribution in [0.15, 0.2) is 24.3 Å². The lowest BCUT2D eigenvalue weighted by molar-refractivity contribution is 0.500. The smallest absolute Gasteiger partial charge is 0.0931 e. The first-order chi connectivity index (χ1) is 9.40. The summed E-state index contributed by atoms with van der Waals surface area (Å²) in [7, 11) is 0. The van der Waals surface area contributed by atoms with Crippen molar-refractivity contribution in [1.82, 2.24) is 5.32 Å². The molecular formula is C14H13Cl4NS. The Bertz CT molecular complexity index is 611. The van der Waals surface area contributed by atoms with E-state index in [1.54, 1.807) is 17.4 Å².